The van der Waals surface area contributed by atoms with Crippen molar-refractivity contribution in [2.45, 2.75) is 53.0 Å². The number of methoxy groups -OCH3 is 1. The molecule has 0 spiro atoms. The quantitative estimate of drug-likeness (QED) is 0.0396. The van der Waals surface area contributed by atoms with E-state index in [9.17, 15) is 33.9 Å². The minimum atomic E-state index is -0.436. The van der Waals surface area contributed by atoms with E-state index in [1.807, 2.05) is 85.6 Å². The van der Waals surface area contributed by atoms with Crippen molar-refractivity contribution in [3.63, 3.8) is 0 Å². The summed E-state index contributed by atoms with van der Waals surface area (Å²) in [5, 5.41) is 37.5. The summed E-state index contributed by atoms with van der Waals surface area (Å²) in [6.07, 6.45) is 16.4. The molecule has 11 aromatic rings. The highest BCUT2D eigenvalue weighted by molar-refractivity contribution is 7.17. The molecule has 3 aromatic carbocycles. The van der Waals surface area contributed by atoms with Crippen LogP contribution in [0.15, 0.2) is 156 Å². The molecule has 8 aromatic heterocycles. The fraction of sp³-hybridized carbons (Fsp3) is 0.321. The number of aliphatic imine (C=N–C) groups is 1. The van der Waals surface area contributed by atoms with E-state index in [2.05, 4.69) is 93.6 Å². The van der Waals surface area contributed by atoms with Crippen LogP contribution in [0, 0.1) is 12.8 Å². The summed E-state index contributed by atoms with van der Waals surface area (Å²) in [7, 11) is 3.43. The van der Waals surface area contributed by atoms with Crippen LogP contribution >= 0.6 is 22.7 Å². The summed E-state index contributed by atoms with van der Waals surface area (Å²) >= 11 is 2.81. The number of primary amides is 1. The number of rotatable bonds is 18. The number of thiophene rings is 1. The van der Waals surface area contributed by atoms with Crippen LogP contribution in [0.1, 0.15) is 91.6 Å². The summed E-state index contributed by atoms with van der Waals surface area (Å²) in [5.74, 6) is -0.374. The van der Waals surface area contributed by atoms with Crippen LogP contribution in [-0.2, 0) is 32.0 Å². The van der Waals surface area contributed by atoms with Gasteiger partial charge in [-0.05, 0) is 85.8 Å². The SMILES string of the molecule is C.COc1cc2ncccc2cc1NC(=O)c1csc2cnc(N(C)CCN)nc12.Cc1ccc(N2CCC(CN)CC2)c(NC(=O)c2cnn3cc(O)cnc23)c1.NC(=O)CCNC(=O)C1=CCC(c2ccccc2)=N1.O=C1Nc2cn(CCN3CCOCC3)nc2C(=O)NCCOCCc2cc(ccn2)-c2nc1cs2. The Morgan fingerprint density at radius 3 is 2.37 bits per heavy atom. The average molecular weight is 1560 g/mol. The van der Waals surface area contributed by atoms with E-state index in [1.165, 1.54) is 45.8 Å². The topological polar surface area (TPSA) is 423 Å². The second kappa shape index (κ2) is 39.0. The Bertz CT molecular complexity index is 5190. The molecule has 4 aliphatic heterocycles. The number of carbonyl (C=O) groups excluding carboxylic acids is 6. The van der Waals surface area contributed by atoms with Crippen LogP contribution in [-0.4, -0.2) is 206 Å². The molecule has 2 saturated heterocycles. The molecule has 32 nitrogen and oxygen atoms in total. The lowest BCUT2D eigenvalue weighted by Crippen LogP contribution is -2.38. The molecule has 12 heterocycles. The van der Waals surface area contributed by atoms with Crippen molar-refractivity contribution in [3.05, 3.63) is 190 Å². The summed E-state index contributed by atoms with van der Waals surface area (Å²) in [6.45, 7) is 11.6. The van der Waals surface area contributed by atoms with Crippen molar-refractivity contribution in [1.29, 1.82) is 0 Å². The zero-order valence-electron chi connectivity index (χ0n) is 61.5. The second-order valence-corrected chi connectivity index (χ2v) is 27.9. The van der Waals surface area contributed by atoms with Gasteiger partial charge in [-0.1, -0.05) is 49.9 Å². The molecule has 0 saturated carbocycles. The number of fused-ring (bicyclic) bond motifs is 9. The number of morpholine rings is 1. The number of nitrogens with one attached hydrogen (secondary N) is 5. The summed E-state index contributed by atoms with van der Waals surface area (Å²) in [4.78, 5) is 111. The number of anilines is 5. The van der Waals surface area contributed by atoms with Crippen LogP contribution in [0.25, 0.3) is 37.3 Å². The molecular formula is C78H90N22O10S2. The third-order valence-electron chi connectivity index (χ3n) is 18.4. The van der Waals surface area contributed by atoms with E-state index < -0.39 is 11.8 Å². The number of allylic oxidation sites excluding steroid dienone is 1. The Morgan fingerprint density at radius 1 is 0.786 bits per heavy atom. The summed E-state index contributed by atoms with van der Waals surface area (Å²) < 4.78 is 20.4. The van der Waals surface area contributed by atoms with Gasteiger partial charge in [-0.25, -0.2) is 29.4 Å². The maximum atomic E-state index is 13.0. The lowest BCUT2D eigenvalue weighted by atomic mass is 9.96. The second-order valence-electron chi connectivity index (χ2n) is 26.2. The van der Waals surface area contributed by atoms with Crippen molar-refractivity contribution >= 4 is 119 Å². The van der Waals surface area contributed by atoms with Crippen LogP contribution in [0.4, 0.5) is 28.7 Å². The number of aromatic hydroxyl groups is 1. The van der Waals surface area contributed by atoms with E-state index >= 15 is 0 Å². The average Bonchev–Trinajstić information content (AvgIpc) is 1.37. The van der Waals surface area contributed by atoms with Gasteiger partial charge in [0, 0.05) is 137 Å². The number of piperidine rings is 1. The first-order valence-electron chi connectivity index (χ1n) is 36.1. The van der Waals surface area contributed by atoms with Crippen molar-refractivity contribution < 1.29 is 48.1 Å². The lowest BCUT2D eigenvalue weighted by Gasteiger charge is -2.34. The van der Waals surface area contributed by atoms with Gasteiger partial charge in [0.15, 0.2) is 17.1 Å². The van der Waals surface area contributed by atoms with Crippen LogP contribution in [0.2, 0.25) is 0 Å². The molecule has 0 radical (unpaired) electrons. The molecule has 112 heavy (non-hydrogen) atoms. The smallest absolute Gasteiger partial charge is 0.275 e. The minimum Gasteiger partial charge on any atom is -0.505 e. The molecule has 15 rings (SSSR count). The molecule has 12 N–H and O–H groups in total. The van der Waals surface area contributed by atoms with E-state index in [4.69, 9.17) is 31.4 Å². The predicted molar refractivity (Wildman–Crippen MR) is 433 cm³/mol. The standard InChI is InChI=1S/C23H27N7O4S.C20H20N6O2S.C20H24N6O2.C14H15N3O2.CH4/c31-21-19-15-35-23(27-19)16-1-3-24-17(13-16)2-9-33-10-4-25-22(32)20-18(26-21)14-30(28-20)6-5-29-7-11-34-12-8-29;1-26(7-5-21)20-23-10-17-18(25-20)13(11-29-17)19(27)24-15-8-12-4-3-6-22-14(12)9-16(15)28-2;1-13-2-3-18(25-6-4-14(9-21)5-7-25)17(8-13)24-20(28)16-11-23-26-12-15(27)10-22-19(16)26;15-13(18)8-9-16-14(19)12-7-6-11(17-12)10-4-2-1-3-5-10;/h1,3,13-15H,2,4-12H2,(H,25,32)(H,26,31);3-4,6,8-11H,5,7,21H2,1-2H3,(H,24,27);2-3,8,10-12,14,27H,4-7,9,21H2,1H3,(H,24,28);1-5,7H,6,8-9H2,(H2,15,18)(H,16,19);1H4. The molecule has 0 atom stereocenters. The van der Waals surface area contributed by atoms with Gasteiger partial charge in [-0.2, -0.15) is 10.2 Å². The molecule has 2 fully saturated rings. The Morgan fingerprint density at radius 2 is 1.58 bits per heavy atom. The van der Waals surface area contributed by atoms with Gasteiger partial charge >= 0.3 is 0 Å². The molecule has 34 heteroatoms. The van der Waals surface area contributed by atoms with E-state index in [0.717, 1.165) is 112 Å². The normalized spacial score (nSPS) is 14.5. The molecule has 0 aliphatic carbocycles. The lowest BCUT2D eigenvalue weighted by molar-refractivity contribution is -0.119. The fourth-order valence-corrected chi connectivity index (χ4v) is 14.0. The molecule has 4 aliphatic rings. The number of nitrogens with two attached hydrogens (primary N) is 3. The van der Waals surface area contributed by atoms with Crippen LogP contribution in [0.5, 0.6) is 11.5 Å². The largest absolute Gasteiger partial charge is 0.505 e. The van der Waals surface area contributed by atoms with Crippen molar-refractivity contribution in [1.82, 2.24) is 64.8 Å². The number of benzene rings is 3. The zero-order chi connectivity index (χ0) is 77.8. The molecule has 6 amide bonds. The van der Waals surface area contributed by atoms with Crippen molar-refractivity contribution in [2.75, 3.05) is 132 Å². The Balaban J connectivity index is 0.000000150. The van der Waals surface area contributed by atoms with Crippen LogP contribution < -0.4 is 58.3 Å². The third-order valence-corrected chi connectivity index (χ3v) is 20.1. The Kier molecular flexibility index (Phi) is 28.2. The zero-order valence-corrected chi connectivity index (χ0v) is 63.1. The van der Waals surface area contributed by atoms with Gasteiger partial charge in [0.2, 0.25) is 11.9 Å². The van der Waals surface area contributed by atoms with E-state index in [1.54, 1.807) is 59.5 Å². The first-order chi connectivity index (χ1) is 54.0. The van der Waals surface area contributed by atoms with Crippen molar-refractivity contribution in [3.8, 4) is 22.1 Å². The van der Waals surface area contributed by atoms with Gasteiger partial charge in [-0.15, -0.1) is 22.7 Å². The number of pyridine rings is 2. The van der Waals surface area contributed by atoms with Gasteiger partial charge in [0.25, 0.3) is 29.5 Å². The maximum absolute atomic E-state index is 13.0. The molecule has 584 valence electrons. The first kappa shape index (κ1) is 81.0. The number of nitrogens with zero attached hydrogens (tertiary/aromatic N) is 14. The van der Waals surface area contributed by atoms with Crippen molar-refractivity contribution in [2.24, 2.45) is 28.1 Å². The fourth-order valence-electron chi connectivity index (χ4n) is 12.3. The highest BCUT2D eigenvalue weighted by Crippen LogP contribution is 2.34. The molecular weight excluding hydrogens is 1470 g/mol. The number of thiazole rings is 1. The number of hydrogen-bond acceptors (Lipinski definition) is 26. The number of ether oxygens (including phenoxy) is 3. The number of hydrogen-bond donors (Lipinski definition) is 9. The van der Waals surface area contributed by atoms with Gasteiger partial charge in [0.1, 0.15) is 27.7 Å². The van der Waals surface area contributed by atoms with E-state index in [-0.39, 0.29) is 61.2 Å². The predicted octanol–water partition coefficient (Wildman–Crippen LogP) is 7.75. The Hall–Kier alpha value is -12.1. The number of aryl methyl sites for hydroxylation is 1. The summed E-state index contributed by atoms with van der Waals surface area (Å²) in [6, 6.07) is 27.1. The maximum Gasteiger partial charge on any atom is 0.275 e. The highest BCUT2D eigenvalue weighted by atomic mass is 32.1. The van der Waals surface area contributed by atoms with Gasteiger partial charge in [-0.3, -0.25) is 48.3 Å². The number of carbonyl (C=O) groups is 6. The Labute approximate surface area is 653 Å². The van der Waals surface area contributed by atoms with E-state index in [0.29, 0.717) is 122 Å². The number of likely N-dealkylation sites (N-methyl/N-ethyl adjacent to an activating group) is 1. The van der Waals surface area contributed by atoms with Gasteiger partial charge < -0.3 is 72.9 Å². The minimum absolute atomic E-state index is 0. The highest BCUT2D eigenvalue weighted by Gasteiger charge is 2.26. The number of amides is 6. The monoisotopic (exact) mass is 1560 g/mol. The summed E-state index contributed by atoms with van der Waals surface area (Å²) in [5.41, 5.74) is 27.3. The third kappa shape index (κ3) is 21.1. The molecule has 0 unspecified atom stereocenters. The first-order valence-corrected chi connectivity index (χ1v) is 37.9. The van der Waals surface area contributed by atoms with Crippen LogP contribution in [0.3, 0.4) is 0 Å². The molecule has 4 bridgehead atoms. The number of aromatic nitrogens is 10. The van der Waals surface area contributed by atoms with Gasteiger partial charge in [0.05, 0.1) is 115 Å².